The van der Waals surface area contributed by atoms with Crippen molar-refractivity contribution in [2.24, 2.45) is 5.41 Å². The van der Waals surface area contributed by atoms with E-state index in [-0.39, 0.29) is 17.0 Å². The summed E-state index contributed by atoms with van der Waals surface area (Å²) in [6.07, 6.45) is 1.09. The molecule has 0 unspecified atom stereocenters. The Morgan fingerprint density at radius 3 is 2.50 bits per heavy atom. The lowest BCUT2D eigenvalue weighted by Gasteiger charge is -2.30. The van der Waals surface area contributed by atoms with E-state index in [1.54, 1.807) is 19.2 Å². The van der Waals surface area contributed by atoms with E-state index >= 15 is 0 Å². The smallest absolute Gasteiger partial charge is 0.229 e. The number of methoxy groups -OCH3 is 1. The van der Waals surface area contributed by atoms with Gasteiger partial charge >= 0.3 is 0 Å². The van der Waals surface area contributed by atoms with Crippen LogP contribution < -0.4 is 15.4 Å². The van der Waals surface area contributed by atoms with E-state index in [2.05, 4.69) is 34.4 Å². The molecule has 4 rings (SSSR count). The highest BCUT2D eigenvalue weighted by Crippen LogP contribution is 2.38. The standard InChI is InChI=1S/C23H23FN4O2/c1-23(2)12-18-20(19(29)13-23)21(25-16-5-4-6-17(11-16)30-3)28-22(27-18)26-15-9-7-14(24)8-10-15/h4-11H,12-13H2,1-3H3,(H2,25,26,27,28). The first kappa shape index (κ1) is 19.8. The molecule has 30 heavy (non-hydrogen) atoms. The van der Waals surface area contributed by atoms with Gasteiger partial charge in [0.05, 0.1) is 18.4 Å². The highest BCUT2D eigenvalue weighted by atomic mass is 19.1. The van der Waals surface area contributed by atoms with Gasteiger partial charge in [0.1, 0.15) is 17.4 Å². The van der Waals surface area contributed by atoms with Gasteiger partial charge in [0.15, 0.2) is 5.78 Å². The van der Waals surface area contributed by atoms with E-state index in [0.29, 0.717) is 47.3 Å². The topological polar surface area (TPSA) is 76.1 Å². The van der Waals surface area contributed by atoms with Gasteiger partial charge in [0.25, 0.3) is 0 Å². The van der Waals surface area contributed by atoms with Crippen LogP contribution in [0, 0.1) is 11.2 Å². The minimum absolute atomic E-state index is 0.0139. The molecule has 2 aromatic carbocycles. The molecule has 1 aliphatic rings. The molecule has 1 aliphatic carbocycles. The lowest BCUT2D eigenvalue weighted by molar-refractivity contribution is 0.0911. The van der Waals surface area contributed by atoms with E-state index in [0.717, 1.165) is 5.69 Å². The predicted molar refractivity (Wildman–Crippen MR) is 114 cm³/mol. The van der Waals surface area contributed by atoms with Crippen LogP contribution >= 0.6 is 0 Å². The van der Waals surface area contributed by atoms with Gasteiger partial charge in [-0.25, -0.2) is 9.37 Å². The summed E-state index contributed by atoms with van der Waals surface area (Å²) in [5.41, 5.74) is 2.44. The van der Waals surface area contributed by atoms with Gasteiger partial charge in [-0.05, 0) is 48.2 Å². The molecular formula is C23H23FN4O2. The van der Waals surface area contributed by atoms with Crippen molar-refractivity contribution < 1.29 is 13.9 Å². The molecule has 2 N–H and O–H groups in total. The summed E-state index contributed by atoms with van der Waals surface area (Å²) < 4.78 is 18.5. The van der Waals surface area contributed by atoms with Gasteiger partial charge in [-0.1, -0.05) is 19.9 Å². The molecule has 0 atom stereocenters. The first-order chi connectivity index (χ1) is 14.3. The van der Waals surface area contributed by atoms with Crippen LogP contribution in [0.3, 0.4) is 0 Å². The summed E-state index contributed by atoms with van der Waals surface area (Å²) in [6, 6.07) is 13.4. The second kappa shape index (κ2) is 7.74. The van der Waals surface area contributed by atoms with E-state index < -0.39 is 0 Å². The van der Waals surface area contributed by atoms with Crippen LogP contribution in [0.25, 0.3) is 0 Å². The first-order valence-electron chi connectivity index (χ1n) is 9.71. The van der Waals surface area contributed by atoms with E-state index in [1.165, 1.54) is 12.1 Å². The maximum absolute atomic E-state index is 13.2. The third-order valence-corrected chi connectivity index (χ3v) is 4.98. The Morgan fingerprint density at radius 1 is 1.00 bits per heavy atom. The molecule has 0 aliphatic heterocycles. The number of hydrogen-bond acceptors (Lipinski definition) is 6. The second-order valence-electron chi connectivity index (χ2n) is 8.15. The third kappa shape index (κ3) is 4.25. The Bertz CT molecular complexity index is 1100. The molecule has 0 saturated carbocycles. The Balaban J connectivity index is 1.76. The molecule has 0 radical (unpaired) electrons. The summed E-state index contributed by atoms with van der Waals surface area (Å²) in [7, 11) is 1.60. The Morgan fingerprint density at radius 2 is 1.77 bits per heavy atom. The summed E-state index contributed by atoms with van der Waals surface area (Å²) in [5, 5.41) is 6.36. The lowest BCUT2D eigenvalue weighted by atomic mass is 9.75. The van der Waals surface area contributed by atoms with E-state index in [9.17, 15) is 9.18 Å². The second-order valence-corrected chi connectivity index (χ2v) is 8.15. The fraction of sp³-hybridized carbons (Fsp3) is 0.261. The zero-order valence-corrected chi connectivity index (χ0v) is 17.1. The number of rotatable bonds is 5. The van der Waals surface area contributed by atoms with Crippen molar-refractivity contribution in [3.8, 4) is 5.75 Å². The number of aromatic nitrogens is 2. The number of carbonyl (C=O) groups excluding carboxylic acids is 1. The van der Waals surface area contributed by atoms with Crippen molar-refractivity contribution >= 4 is 28.9 Å². The van der Waals surface area contributed by atoms with Gasteiger partial charge < -0.3 is 15.4 Å². The van der Waals surface area contributed by atoms with Crippen molar-refractivity contribution in [3.05, 3.63) is 65.6 Å². The average molecular weight is 406 g/mol. The van der Waals surface area contributed by atoms with Gasteiger partial charge in [0.2, 0.25) is 5.95 Å². The Labute approximate surface area is 174 Å². The number of halogens is 1. The van der Waals surface area contributed by atoms with Gasteiger partial charge in [-0.2, -0.15) is 4.98 Å². The van der Waals surface area contributed by atoms with Crippen LogP contribution in [0.15, 0.2) is 48.5 Å². The fourth-order valence-electron chi connectivity index (χ4n) is 3.61. The molecule has 1 aromatic heterocycles. The molecule has 3 aromatic rings. The molecule has 0 amide bonds. The molecule has 154 valence electrons. The SMILES string of the molecule is COc1cccc(Nc2nc(Nc3ccc(F)cc3)nc3c2C(=O)CC(C)(C)C3)c1. The number of hydrogen-bond donors (Lipinski definition) is 2. The zero-order chi connectivity index (χ0) is 21.3. The maximum atomic E-state index is 13.2. The van der Waals surface area contributed by atoms with Gasteiger partial charge in [-0.15, -0.1) is 0 Å². The van der Waals surface area contributed by atoms with Crippen molar-refractivity contribution in [2.75, 3.05) is 17.7 Å². The molecule has 0 saturated heterocycles. The van der Waals surface area contributed by atoms with E-state index in [4.69, 9.17) is 4.74 Å². The first-order valence-corrected chi connectivity index (χ1v) is 9.71. The molecule has 6 nitrogen and oxygen atoms in total. The molecule has 0 bridgehead atoms. The zero-order valence-electron chi connectivity index (χ0n) is 17.1. The number of ketones is 1. The number of nitrogens with zero attached hydrogens (tertiary/aromatic N) is 2. The summed E-state index contributed by atoms with van der Waals surface area (Å²) in [4.78, 5) is 22.1. The maximum Gasteiger partial charge on any atom is 0.229 e. The summed E-state index contributed by atoms with van der Waals surface area (Å²) in [6.45, 7) is 4.11. The number of ether oxygens (including phenoxy) is 1. The van der Waals surface area contributed by atoms with Crippen LogP contribution in [-0.4, -0.2) is 22.9 Å². The normalized spacial score (nSPS) is 14.7. The number of benzene rings is 2. The van der Waals surface area contributed by atoms with Crippen LogP contribution in [0.2, 0.25) is 0 Å². The molecular weight excluding hydrogens is 383 g/mol. The highest BCUT2D eigenvalue weighted by molar-refractivity contribution is 6.03. The van der Waals surface area contributed by atoms with Gasteiger partial charge in [0, 0.05) is 23.9 Å². The molecule has 1 heterocycles. The highest BCUT2D eigenvalue weighted by Gasteiger charge is 2.35. The van der Waals surface area contributed by atoms with Crippen molar-refractivity contribution in [1.82, 2.24) is 9.97 Å². The van der Waals surface area contributed by atoms with Crippen molar-refractivity contribution in [1.29, 1.82) is 0 Å². The van der Waals surface area contributed by atoms with E-state index in [1.807, 2.05) is 24.3 Å². The number of fused-ring (bicyclic) bond motifs is 1. The van der Waals surface area contributed by atoms with Crippen LogP contribution in [-0.2, 0) is 6.42 Å². The molecule has 0 fully saturated rings. The number of carbonyl (C=O) groups is 1. The average Bonchev–Trinajstić information content (AvgIpc) is 2.68. The van der Waals surface area contributed by atoms with Crippen LogP contribution in [0.4, 0.5) is 27.5 Å². The Kier molecular flexibility index (Phi) is 5.11. The van der Waals surface area contributed by atoms with Crippen LogP contribution in [0.1, 0.15) is 36.3 Å². The predicted octanol–water partition coefficient (Wildman–Crippen LogP) is 5.27. The number of anilines is 4. The van der Waals surface area contributed by atoms with Crippen molar-refractivity contribution in [3.63, 3.8) is 0 Å². The summed E-state index contributed by atoms with van der Waals surface area (Å²) in [5.74, 6) is 1.18. The molecule has 7 heteroatoms. The quantitative estimate of drug-likeness (QED) is 0.601. The number of nitrogens with one attached hydrogen (secondary N) is 2. The largest absolute Gasteiger partial charge is 0.497 e. The van der Waals surface area contributed by atoms with Gasteiger partial charge in [-0.3, -0.25) is 4.79 Å². The Hall–Kier alpha value is -3.48. The summed E-state index contributed by atoms with van der Waals surface area (Å²) >= 11 is 0. The van der Waals surface area contributed by atoms with Crippen LogP contribution in [0.5, 0.6) is 5.75 Å². The number of Topliss-reactive ketones (excluding diaryl/α,β-unsaturated/α-hetero) is 1. The van der Waals surface area contributed by atoms with Crippen molar-refractivity contribution in [2.45, 2.75) is 26.7 Å². The fourth-order valence-corrected chi connectivity index (χ4v) is 3.61. The minimum atomic E-state index is -0.320. The lowest BCUT2D eigenvalue weighted by Crippen LogP contribution is -2.29. The monoisotopic (exact) mass is 406 g/mol. The third-order valence-electron chi connectivity index (χ3n) is 4.98. The minimum Gasteiger partial charge on any atom is -0.497 e. The molecule has 0 spiro atoms.